The smallest absolute Gasteiger partial charge is 0.246 e. The minimum Gasteiger partial charge on any atom is -0.337 e. The van der Waals surface area contributed by atoms with E-state index in [4.69, 9.17) is 4.52 Å². The first-order valence-corrected chi connectivity index (χ1v) is 11.9. The standard InChI is InChI=1S/C20H24N4O4S2/c1-3-24(15-18-21-20(22-28-18)17-11-8-14-29-17)19(25)12-7-13-23(2)30(26,27)16-9-5-4-6-10-16/h4-6,8-11,14H,3,7,12-13,15H2,1-2H3. The highest BCUT2D eigenvalue weighted by Gasteiger charge is 2.21. The molecule has 0 atom stereocenters. The molecule has 0 aliphatic rings. The minimum absolute atomic E-state index is 0.0844. The van der Waals surface area contributed by atoms with Crippen LogP contribution in [-0.2, 0) is 21.4 Å². The highest BCUT2D eigenvalue weighted by atomic mass is 32.2. The number of carbonyl (C=O) groups excluding carboxylic acids is 1. The molecule has 1 amide bonds. The van der Waals surface area contributed by atoms with Gasteiger partial charge in [0.25, 0.3) is 0 Å². The van der Waals surface area contributed by atoms with Gasteiger partial charge in [0, 0.05) is 26.6 Å². The van der Waals surface area contributed by atoms with Crippen molar-refractivity contribution in [3.8, 4) is 10.7 Å². The molecule has 0 saturated heterocycles. The number of benzene rings is 1. The van der Waals surface area contributed by atoms with Crippen molar-refractivity contribution in [2.75, 3.05) is 20.1 Å². The number of aromatic nitrogens is 2. The molecule has 10 heteroatoms. The second-order valence-electron chi connectivity index (χ2n) is 6.64. The highest BCUT2D eigenvalue weighted by Crippen LogP contribution is 2.21. The van der Waals surface area contributed by atoms with Crippen molar-refractivity contribution in [2.45, 2.75) is 31.2 Å². The predicted molar refractivity (Wildman–Crippen MR) is 114 cm³/mol. The third-order valence-electron chi connectivity index (χ3n) is 4.59. The summed E-state index contributed by atoms with van der Waals surface area (Å²) in [6, 6.07) is 12.1. The topological polar surface area (TPSA) is 96.6 Å². The molecule has 0 unspecified atom stereocenters. The van der Waals surface area contributed by atoms with E-state index in [1.54, 1.807) is 35.2 Å². The molecule has 1 aromatic carbocycles. The molecule has 2 aromatic heterocycles. The van der Waals surface area contributed by atoms with Crippen LogP contribution < -0.4 is 0 Å². The lowest BCUT2D eigenvalue weighted by molar-refractivity contribution is -0.132. The Kier molecular flexibility index (Phi) is 7.35. The normalized spacial score (nSPS) is 11.7. The number of thiophene rings is 1. The van der Waals surface area contributed by atoms with Gasteiger partial charge < -0.3 is 9.42 Å². The molecule has 0 spiro atoms. The lowest BCUT2D eigenvalue weighted by Gasteiger charge is -2.20. The molecule has 0 aliphatic heterocycles. The molecule has 0 radical (unpaired) electrons. The molecule has 3 aromatic rings. The number of hydrogen-bond donors (Lipinski definition) is 0. The molecule has 0 fully saturated rings. The van der Waals surface area contributed by atoms with Crippen LogP contribution in [0.1, 0.15) is 25.7 Å². The van der Waals surface area contributed by atoms with Crippen LogP contribution in [0.3, 0.4) is 0 Å². The molecular weight excluding hydrogens is 424 g/mol. The van der Waals surface area contributed by atoms with Crippen molar-refractivity contribution in [1.29, 1.82) is 0 Å². The van der Waals surface area contributed by atoms with Crippen LogP contribution in [0.5, 0.6) is 0 Å². The van der Waals surface area contributed by atoms with Gasteiger partial charge in [0.1, 0.15) is 0 Å². The first kappa shape index (κ1) is 22.1. The van der Waals surface area contributed by atoms with Gasteiger partial charge in [-0.1, -0.05) is 29.4 Å². The molecular formula is C20H24N4O4S2. The van der Waals surface area contributed by atoms with Crippen LogP contribution in [-0.4, -0.2) is 53.8 Å². The molecule has 3 rings (SSSR count). The highest BCUT2D eigenvalue weighted by molar-refractivity contribution is 7.89. The van der Waals surface area contributed by atoms with E-state index >= 15 is 0 Å². The van der Waals surface area contributed by atoms with E-state index in [0.29, 0.717) is 24.7 Å². The molecule has 30 heavy (non-hydrogen) atoms. The third kappa shape index (κ3) is 5.32. The average molecular weight is 449 g/mol. The third-order valence-corrected chi connectivity index (χ3v) is 7.32. The second-order valence-corrected chi connectivity index (χ2v) is 9.63. The first-order chi connectivity index (χ1) is 14.4. The van der Waals surface area contributed by atoms with Crippen molar-refractivity contribution < 1.29 is 17.7 Å². The molecule has 0 N–H and O–H groups in total. The van der Waals surface area contributed by atoms with Gasteiger partial charge in [-0.05, 0) is 36.9 Å². The summed E-state index contributed by atoms with van der Waals surface area (Å²) in [7, 11) is -2.03. The number of nitrogens with zero attached hydrogens (tertiary/aromatic N) is 4. The number of amides is 1. The monoisotopic (exact) mass is 448 g/mol. The lowest BCUT2D eigenvalue weighted by atomic mass is 10.2. The Morgan fingerprint density at radius 2 is 1.93 bits per heavy atom. The van der Waals surface area contributed by atoms with E-state index in [-0.39, 0.29) is 30.3 Å². The van der Waals surface area contributed by atoms with E-state index in [2.05, 4.69) is 10.1 Å². The van der Waals surface area contributed by atoms with E-state index in [0.717, 1.165) is 4.88 Å². The zero-order valence-corrected chi connectivity index (χ0v) is 18.5. The zero-order chi connectivity index (χ0) is 21.6. The van der Waals surface area contributed by atoms with Gasteiger partial charge in [0.05, 0.1) is 16.3 Å². The summed E-state index contributed by atoms with van der Waals surface area (Å²) in [5.74, 6) is 0.799. The van der Waals surface area contributed by atoms with Gasteiger partial charge in [-0.25, -0.2) is 12.7 Å². The summed E-state index contributed by atoms with van der Waals surface area (Å²) in [6.45, 7) is 2.85. The van der Waals surface area contributed by atoms with Gasteiger partial charge >= 0.3 is 0 Å². The summed E-state index contributed by atoms with van der Waals surface area (Å²) in [6.07, 6.45) is 0.649. The number of carbonyl (C=O) groups is 1. The van der Waals surface area contributed by atoms with Crippen molar-refractivity contribution in [1.82, 2.24) is 19.3 Å². The second kappa shape index (κ2) is 9.96. The van der Waals surface area contributed by atoms with Gasteiger partial charge in [0.2, 0.25) is 27.6 Å². The molecule has 0 bridgehead atoms. The summed E-state index contributed by atoms with van der Waals surface area (Å²) >= 11 is 1.52. The fourth-order valence-corrected chi connectivity index (χ4v) is 4.75. The average Bonchev–Trinajstić information content (AvgIpc) is 3.44. The van der Waals surface area contributed by atoms with Gasteiger partial charge in [0.15, 0.2) is 0 Å². The maximum absolute atomic E-state index is 12.6. The van der Waals surface area contributed by atoms with Crippen LogP contribution in [0.4, 0.5) is 0 Å². The number of sulfonamides is 1. The van der Waals surface area contributed by atoms with E-state index in [9.17, 15) is 13.2 Å². The number of hydrogen-bond acceptors (Lipinski definition) is 7. The summed E-state index contributed by atoms with van der Waals surface area (Å²) in [5.41, 5.74) is 0. The molecule has 160 valence electrons. The predicted octanol–water partition coefficient (Wildman–Crippen LogP) is 3.25. The van der Waals surface area contributed by atoms with Crippen LogP contribution in [0.2, 0.25) is 0 Å². The fourth-order valence-electron chi connectivity index (χ4n) is 2.87. The molecule has 0 aliphatic carbocycles. The van der Waals surface area contributed by atoms with Crippen LogP contribution >= 0.6 is 11.3 Å². The summed E-state index contributed by atoms with van der Waals surface area (Å²) < 4.78 is 31.6. The maximum atomic E-state index is 12.6. The van der Waals surface area contributed by atoms with Crippen molar-refractivity contribution in [3.05, 3.63) is 53.7 Å². The Balaban J connectivity index is 1.52. The zero-order valence-electron chi connectivity index (χ0n) is 16.9. The van der Waals surface area contributed by atoms with E-state index < -0.39 is 10.0 Å². The molecule has 8 nitrogen and oxygen atoms in total. The van der Waals surface area contributed by atoms with Gasteiger partial charge in [-0.2, -0.15) is 4.98 Å². The number of rotatable bonds is 10. The van der Waals surface area contributed by atoms with E-state index in [1.165, 1.54) is 22.7 Å². The Bertz CT molecular complexity index is 1050. The first-order valence-electron chi connectivity index (χ1n) is 9.57. The van der Waals surface area contributed by atoms with Crippen LogP contribution in [0.25, 0.3) is 10.7 Å². The minimum atomic E-state index is -3.55. The SMILES string of the molecule is CCN(Cc1nc(-c2cccs2)no1)C(=O)CCCN(C)S(=O)(=O)c1ccccc1. The fraction of sp³-hybridized carbons (Fsp3) is 0.350. The van der Waals surface area contributed by atoms with Gasteiger partial charge in [-0.3, -0.25) is 4.79 Å². The molecule has 2 heterocycles. The van der Waals surface area contributed by atoms with Crippen molar-refractivity contribution >= 4 is 27.3 Å². The van der Waals surface area contributed by atoms with Crippen molar-refractivity contribution in [2.24, 2.45) is 0 Å². The maximum Gasteiger partial charge on any atom is 0.246 e. The lowest BCUT2D eigenvalue weighted by Crippen LogP contribution is -2.32. The van der Waals surface area contributed by atoms with Gasteiger partial charge in [-0.15, -0.1) is 11.3 Å². The van der Waals surface area contributed by atoms with Crippen LogP contribution in [0.15, 0.2) is 57.3 Å². The van der Waals surface area contributed by atoms with E-state index in [1.807, 2.05) is 24.4 Å². The largest absolute Gasteiger partial charge is 0.337 e. The Morgan fingerprint density at radius 3 is 2.60 bits per heavy atom. The Labute approximate surface area is 180 Å². The summed E-state index contributed by atoms with van der Waals surface area (Å²) in [4.78, 5) is 19.7. The Morgan fingerprint density at radius 1 is 1.17 bits per heavy atom. The van der Waals surface area contributed by atoms with Crippen molar-refractivity contribution in [3.63, 3.8) is 0 Å². The van der Waals surface area contributed by atoms with Crippen LogP contribution in [0, 0.1) is 0 Å². The quantitative estimate of drug-likeness (QED) is 0.472. The Hall–Kier alpha value is -2.56. The summed E-state index contributed by atoms with van der Waals surface area (Å²) in [5, 5.41) is 5.89. The molecule has 0 saturated carbocycles.